The summed E-state index contributed by atoms with van der Waals surface area (Å²) in [5.74, 6) is -0.0692. The first-order chi connectivity index (χ1) is 9.69. The zero-order chi connectivity index (χ0) is 14.4. The van der Waals surface area contributed by atoms with Gasteiger partial charge in [0.15, 0.2) is 0 Å². The van der Waals surface area contributed by atoms with E-state index in [1.807, 2.05) is 12.1 Å². The molecule has 4 heteroatoms. The van der Waals surface area contributed by atoms with Crippen molar-refractivity contribution in [3.63, 3.8) is 0 Å². The third-order valence-corrected chi connectivity index (χ3v) is 3.71. The van der Waals surface area contributed by atoms with Crippen LogP contribution in [-0.2, 0) is 11.2 Å². The molecule has 1 aliphatic rings. The Labute approximate surface area is 120 Å². The Kier molecular flexibility index (Phi) is 5.56. The third kappa shape index (κ3) is 4.32. The van der Waals surface area contributed by atoms with Crippen molar-refractivity contribution in [3.05, 3.63) is 29.8 Å². The molecule has 2 atom stereocenters. The molecule has 0 radical (unpaired) electrons. The van der Waals surface area contributed by atoms with Gasteiger partial charge in [0.1, 0.15) is 0 Å². The number of benzene rings is 1. The molecule has 0 bridgehead atoms. The first kappa shape index (κ1) is 15.0. The Morgan fingerprint density at radius 2 is 2.10 bits per heavy atom. The van der Waals surface area contributed by atoms with Gasteiger partial charge in [0.2, 0.25) is 5.91 Å². The van der Waals surface area contributed by atoms with Gasteiger partial charge in [0.05, 0.1) is 12.1 Å². The summed E-state index contributed by atoms with van der Waals surface area (Å²) in [5, 5.41) is 15.3. The molecule has 1 saturated heterocycles. The first-order valence-electron chi connectivity index (χ1n) is 7.50. The number of rotatable bonds is 6. The second kappa shape index (κ2) is 7.41. The topological polar surface area (TPSA) is 61.4 Å². The molecule has 1 amide bonds. The van der Waals surface area contributed by atoms with Crippen LogP contribution in [0.5, 0.6) is 0 Å². The minimum absolute atomic E-state index is 0.0692. The predicted molar refractivity (Wildman–Crippen MR) is 80.7 cm³/mol. The number of unbranched alkanes of at least 4 members (excludes halogenated alkanes) is 2. The van der Waals surface area contributed by atoms with E-state index in [0.29, 0.717) is 13.0 Å². The number of aryl methyl sites for hydroxylation is 1. The maximum absolute atomic E-state index is 12.0. The fourth-order valence-corrected chi connectivity index (χ4v) is 2.48. The standard InChI is InChI=1S/C16H24N2O2/c1-2-3-4-5-12-6-8-13(9-7-12)18-16(20)15-10-14(19)11-17-15/h6-9,14-15,17,19H,2-5,10-11H2,1H3,(H,18,20). The van der Waals surface area contributed by atoms with Gasteiger partial charge in [-0.15, -0.1) is 0 Å². The van der Waals surface area contributed by atoms with Crippen molar-refractivity contribution >= 4 is 11.6 Å². The van der Waals surface area contributed by atoms with E-state index >= 15 is 0 Å². The molecule has 0 aromatic heterocycles. The van der Waals surface area contributed by atoms with Gasteiger partial charge in [-0.3, -0.25) is 4.79 Å². The number of amides is 1. The largest absolute Gasteiger partial charge is 0.392 e. The molecule has 110 valence electrons. The number of nitrogens with one attached hydrogen (secondary N) is 2. The van der Waals surface area contributed by atoms with Crippen molar-refractivity contribution in [3.8, 4) is 0 Å². The highest BCUT2D eigenvalue weighted by atomic mass is 16.3. The van der Waals surface area contributed by atoms with E-state index in [1.165, 1.54) is 24.8 Å². The molecule has 20 heavy (non-hydrogen) atoms. The Morgan fingerprint density at radius 1 is 1.35 bits per heavy atom. The second-order valence-electron chi connectivity index (χ2n) is 5.49. The molecule has 0 spiro atoms. The fraction of sp³-hybridized carbons (Fsp3) is 0.562. The molecule has 1 heterocycles. The molecule has 1 fully saturated rings. The average Bonchev–Trinajstić information content (AvgIpc) is 2.88. The fourth-order valence-electron chi connectivity index (χ4n) is 2.48. The van der Waals surface area contributed by atoms with Crippen molar-refractivity contribution in [1.82, 2.24) is 5.32 Å². The summed E-state index contributed by atoms with van der Waals surface area (Å²) in [7, 11) is 0. The van der Waals surface area contributed by atoms with E-state index in [9.17, 15) is 9.90 Å². The first-order valence-corrected chi connectivity index (χ1v) is 7.50. The van der Waals surface area contributed by atoms with Crippen molar-refractivity contribution in [2.24, 2.45) is 0 Å². The van der Waals surface area contributed by atoms with E-state index in [-0.39, 0.29) is 11.9 Å². The minimum atomic E-state index is -0.410. The monoisotopic (exact) mass is 276 g/mol. The Hall–Kier alpha value is -1.39. The molecule has 3 N–H and O–H groups in total. The number of hydrogen-bond acceptors (Lipinski definition) is 3. The van der Waals surface area contributed by atoms with E-state index in [1.54, 1.807) is 0 Å². The number of carbonyl (C=O) groups excluding carboxylic acids is 1. The Morgan fingerprint density at radius 3 is 2.70 bits per heavy atom. The van der Waals surface area contributed by atoms with Gasteiger partial charge >= 0.3 is 0 Å². The van der Waals surface area contributed by atoms with Crippen LogP contribution in [0.1, 0.15) is 38.2 Å². The zero-order valence-electron chi connectivity index (χ0n) is 12.1. The maximum atomic E-state index is 12.0. The van der Waals surface area contributed by atoms with Gasteiger partial charge in [-0.2, -0.15) is 0 Å². The molecule has 0 saturated carbocycles. The van der Waals surface area contributed by atoms with Gasteiger partial charge in [0, 0.05) is 12.2 Å². The van der Waals surface area contributed by atoms with Crippen LogP contribution in [0, 0.1) is 0 Å². The third-order valence-electron chi connectivity index (χ3n) is 3.71. The van der Waals surface area contributed by atoms with Gasteiger partial charge in [-0.05, 0) is 37.0 Å². The summed E-state index contributed by atoms with van der Waals surface area (Å²) in [6.45, 7) is 2.70. The van der Waals surface area contributed by atoms with Crippen LogP contribution in [-0.4, -0.2) is 29.7 Å². The zero-order valence-corrected chi connectivity index (χ0v) is 12.1. The number of aliphatic hydroxyl groups is 1. The molecule has 1 aromatic rings. The highest BCUT2D eigenvalue weighted by molar-refractivity contribution is 5.95. The second-order valence-corrected chi connectivity index (χ2v) is 5.49. The Bertz CT molecular complexity index is 431. The number of β-amino-alcohol motifs (C(OH)–C–C–N with tert-alkyl or cyclic N) is 1. The molecule has 1 aromatic carbocycles. The van der Waals surface area contributed by atoms with E-state index in [2.05, 4.69) is 29.7 Å². The highest BCUT2D eigenvalue weighted by Crippen LogP contribution is 2.14. The lowest BCUT2D eigenvalue weighted by Crippen LogP contribution is -2.35. The van der Waals surface area contributed by atoms with Gasteiger partial charge < -0.3 is 15.7 Å². The highest BCUT2D eigenvalue weighted by Gasteiger charge is 2.27. The number of anilines is 1. The van der Waals surface area contributed by atoms with Crippen LogP contribution in [0.4, 0.5) is 5.69 Å². The van der Waals surface area contributed by atoms with Crippen LogP contribution in [0.2, 0.25) is 0 Å². The van der Waals surface area contributed by atoms with Crippen LogP contribution >= 0.6 is 0 Å². The van der Waals surface area contributed by atoms with Crippen LogP contribution in [0.15, 0.2) is 24.3 Å². The number of hydrogen-bond donors (Lipinski definition) is 3. The molecule has 0 aliphatic carbocycles. The van der Waals surface area contributed by atoms with E-state index < -0.39 is 6.10 Å². The lowest BCUT2D eigenvalue weighted by atomic mass is 10.1. The van der Waals surface area contributed by atoms with E-state index in [4.69, 9.17) is 0 Å². The molecule has 4 nitrogen and oxygen atoms in total. The summed E-state index contributed by atoms with van der Waals surface area (Å²) in [6.07, 6.45) is 4.88. The molecule has 2 rings (SSSR count). The van der Waals surface area contributed by atoms with Gasteiger partial charge in [0.25, 0.3) is 0 Å². The number of carbonyl (C=O) groups is 1. The number of aliphatic hydroxyl groups excluding tert-OH is 1. The summed E-state index contributed by atoms with van der Waals surface area (Å²) in [4.78, 5) is 12.0. The van der Waals surface area contributed by atoms with Gasteiger partial charge in [-0.25, -0.2) is 0 Å². The lowest BCUT2D eigenvalue weighted by molar-refractivity contribution is -0.117. The van der Waals surface area contributed by atoms with E-state index in [0.717, 1.165) is 12.1 Å². The SMILES string of the molecule is CCCCCc1ccc(NC(=O)C2CC(O)CN2)cc1. The van der Waals surface area contributed by atoms with Crippen molar-refractivity contribution in [2.75, 3.05) is 11.9 Å². The summed E-state index contributed by atoms with van der Waals surface area (Å²) < 4.78 is 0. The molecular formula is C16H24N2O2. The van der Waals surface area contributed by atoms with Crippen LogP contribution in [0.3, 0.4) is 0 Å². The van der Waals surface area contributed by atoms with Crippen molar-refractivity contribution < 1.29 is 9.90 Å². The maximum Gasteiger partial charge on any atom is 0.241 e. The summed E-state index contributed by atoms with van der Waals surface area (Å²) in [6, 6.07) is 7.76. The summed E-state index contributed by atoms with van der Waals surface area (Å²) >= 11 is 0. The smallest absolute Gasteiger partial charge is 0.241 e. The predicted octanol–water partition coefficient (Wildman–Crippen LogP) is 2.08. The quantitative estimate of drug-likeness (QED) is 0.697. The van der Waals surface area contributed by atoms with Crippen molar-refractivity contribution in [1.29, 1.82) is 0 Å². The van der Waals surface area contributed by atoms with Crippen LogP contribution in [0.25, 0.3) is 0 Å². The molecular weight excluding hydrogens is 252 g/mol. The normalized spacial score (nSPS) is 21.9. The summed E-state index contributed by atoms with van der Waals surface area (Å²) in [5.41, 5.74) is 2.13. The molecule has 2 unspecified atom stereocenters. The minimum Gasteiger partial charge on any atom is -0.392 e. The van der Waals surface area contributed by atoms with Crippen LogP contribution < -0.4 is 10.6 Å². The van der Waals surface area contributed by atoms with Crippen molar-refractivity contribution in [2.45, 2.75) is 51.2 Å². The average molecular weight is 276 g/mol. The van der Waals surface area contributed by atoms with Gasteiger partial charge in [-0.1, -0.05) is 31.9 Å². The Balaban J connectivity index is 1.82. The lowest BCUT2D eigenvalue weighted by Gasteiger charge is -2.11. The molecule has 1 aliphatic heterocycles.